The predicted molar refractivity (Wildman–Crippen MR) is 92.7 cm³/mol. The third-order valence-corrected chi connectivity index (χ3v) is 3.83. The van der Waals surface area contributed by atoms with Crippen molar-refractivity contribution in [2.75, 3.05) is 13.6 Å². The van der Waals surface area contributed by atoms with Crippen molar-refractivity contribution in [3.05, 3.63) is 52.8 Å². The van der Waals surface area contributed by atoms with Crippen LogP contribution >= 0.6 is 0 Å². The number of carbonyl (C=O) groups excluding carboxylic acids is 2. The number of ether oxygens (including phenoxy) is 1. The summed E-state index contributed by atoms with van der Waals surface area (Å²) < 4.78 is 45.3. The molecule has 1 aromatic heterocycles. The summed E-state index contributed by atoms with van der Waals surface area (Å²) in [6, 6.07) is 6.33. The van der Waals surface area contributed by atoms with Crippen LogP contribution in [0.25, 0.3) is 0 Å². The second-order valence-corrected chi connectivity index (χ2v) is 5.71. The van der Waals surface area contributed by atoms with Crippen molar-refractivity contribution in [2.45, 2.75) is 26.1 Å². The Hall–Kier alpha value is -2.97. The standard InChI is InChI=1S/C18H20F3N3O3/c1-4-23-16(25)13-9-14(15(24-13)17(26)22-3)27-10(2)11-7-5-6-8-12(11)18(19,20)21/h5-10,24H,4H2,1-3H3,(H,22,26)(H,23,25)/t10-/m0/s1. The SMILES string of the molecule is CCNC(=O)c1cc(O[C@@H](C)c2ccccc2C(F)(F)F)c(C(=O)NC)[nH]1. The van der Waals surface area contributed by atoms with E-state index in [4.69, 9.17) is 4.74 Å². The van der Waals surface area contributed by atoms with Gasteiger partial charge >= 0.3 is 6.18 Å². The number of alkyl halides is 3. The number of rotatable bonds is 6. The molecule has 9 heteroatoms. The van der Waals surface area contributed by atoms with Gasteiger partial charge in [-0.05, 0) is 19.9 Å². The Morgan fingerprint density at radius 3 is 2.48 bits per heavy atom. The van der Waals surface area contributed by atoms with Crippen molar-refractivity contribution in [1.29, 1.82) is 0 Å². The highest BCUT2D eigenvalue weighted by atomic mass is 19.4. The highest BCUT2D eigenvalue weighted by molar-refractivity contribution is 5.99. The van der Waals surface area contributed by atoms with Crippen LogP contribution in [0.5, 0.6) is 5.75 Å². The van der Waals surface area contributed by atoms with Gasteiger partial charge in [0.25, 0.3) is 11.8 Å². The van der Waals surface area contributed by atoms with Gasteiger partial charge < -0.3 is 20.4 Å². The van der Waals surface area contributed by atoms with E-state index in [0.717, 1.165) is 6.07 Å². The summed E-state index contributed by atoms with van der Waals surface area (Å²) in [4.78, 5) is 26.7. The van der Waals surface area contributed by atoms with Crippen molar-refractivity contribution in [3.63, 3.8) is 0 Å². The number of nitrogens with one attached hydrogen (secondary N) is 3. The number of aromatic nitrogens is 1. The van der Waals surface area contributed by atoms with Crippen LogP contribution in [0, 0.1) is 0 Å². The number of benzene rings is 1. The van der Waals surface area contributed by atoms with Crippen LogP contribution in [0.2, 0.25) is 0 Å². The van der Waals surface area contributed by atoms with E-state index in [1.54, 1.807) is 6.92 Å². The molecular formula is C18H20F3N3O3. The number of halogens is 3. The lowest BCUT2D eigenvalue weighted by Crippen LogP contribution is -2.23. The van der Waals surface area contributed by atoms with E-state index in [9.17, 15) is 22.8 Å². The molecule has 2 rings (SSSR count). The Balaban J connectivity index is 2.39. The number of H-pyrrole nitrogens is 1. The smallest absolute Gasteiger partial charge is 0.416 e. The third-order valence-electron chi connectivity index (χ3n) is 3.83. The van der Waals surface area contributed by atoms with Gasteiger partial charge in [-0.1, -0.05) is 18.2 Å². The Bertz CT molecular complexity index is 831. The van der Waals surface area contributed by atoms with Gasteiger partial charge in [0.05, 0.1) is 5.56 Å². The molecule has 3 N–H and O–H groups in total. The largest absolute Gasteiger partial charge is 0.484 e. The van der Waals surface area contributed by atoms with E-state index in [-0.39, 0.29) is 22.7 Å². The second kappa shape index (κ2) is 8.15. The van der Waals surface area contributed by atoms with Gasteiger partial charge in [-0.3, -0.25) is 9.59 Å². The quantitative estimate of drug-likeness (QED) is 0.716. The summed E-state index contributed by atoms with van der Waals surface area (Å²) in [6.45, 7) is 3.55. The molecule has 146 valence electrons. The van der Waals surface area contributed by atoms with E-state index >= 15 is 0 Å². The third kappa shape index (κ3) is 4.60. The summed E-state index contributed by atoms with van der Waals surface area (Å²) in [7, 11) is 1.39. The summed E-state index contributed by atoms with van der Waals surface area (Å²) >= 11 is 0. The molecule has 0 radical (unpaired) electrons. The Morgan fingerprint density at radius 1 is 1.22 bits per heavy atom. The molecule has 2 aromatic rings. The van der Waals surface area contributed by atoms with Crippen molar-refractivity contribution >= 4 is 11.8 Å². The molecule has 2 amide bonds. The molecule has 0 aliphatic heterocycles. The van der Waals surface area contributed by atoms with E-state index in [1.165, 1.54) is 38.2 Å². The van der Waals surface area contributed by atoms with Crippen molar-refractivity contribution in [2.24, 2.45) is 0 Å². The lowest BCUT2D eigenvalue weighted by molar-refractivity contribution is -0.139. The first-order valence-corrected chi connectivity index (χ1v) is 8.25. The average Bonchev–Trinajstić information content (AvgIpc) is 3.04. The lowest BCUT2D eigenvalue weighted by Gasteiger charge is -2.19. The summed E-state index contributed by atoms with van der Waals surface area (Å²) in [5.41, 5.74) is -0.871. The average molecular weight is 383 g/mol. The van der Waals surface area contributed by atoms with Gasteiger partial charge in [-0.15, -0.1) is 0 Å². The van der Waals surface area contributed by atoms with E-state index in [0.29, 0.717) is 6.54 Å². The normalized spacial score (nSPS) is 12.4. The first kappa shape index (κ1) is 20.3. The summed E-state index contributed by atoms with van der Waals surface area (Å²) in [6.07, 6.45) is -5.55. The molecule has 1 atom stereocenters. The van der Waals surface area contributed by atoms with Crippen LogP contribution in [0.3, 0.4) is 0 Å². The van der Waals surface area contributed by atoms with Crippen LogP contribution < -0.4 is 15.4 Å². The zero-order chi connectivity index (χ0) is 20.2. The van der Waals surface area contributed by atoms with Crippen molar-refractivity contribution in [1.82, 2.24) is 15.6 Å². The van der Waals surface area contributed by atoms with Crippen molar-refractivity contribution in [3.8, 4) is 5.75 Å². The fourth-order valence-corrected chi connectivity index (χ4v) is 2.56. The molecule has 0 unspecified atom stereocenters. The lowest BCUT2D eigenvalue weighted by atomic mass is 10.0. The predicted octanol–water partition coefficient (Wildman–Crippen LogP) is 3.28. The first-order valence-electron chi connectivity index (χ1n) is 8.25. The molecule has 1 heterocycles. The molecule has 0 aliphatic rings. The molecule has 27 heavy (non-hydrogen) atoms. The van der Waals surface area contributed by atoms with E-state index in [1.807, 2.05) is 0 Å². The molecule has 0 bridgehead atoms. The van der Waals surface area contributed by atoms with Gasteiger partial charge in [0, 0.05) is 25.2 Å². The molecular weight excluding hydrogens is 363 g/mol. The van der Waals surface area contributed by atoms with Crippen molar-refractivity contribution < 1.29 is 27.5 Å². The maximum atomic E-state index is 13.2. The number of carbonyl (C=O) groups is 2. The van der Waals surface area contributed by atoms with E-state index < -0.39 is 29.7 Å². The highest BCUT2D eigenvalue weighted by Gasteiger charge is 2.35. The van der Waals surface area contributed by atoms with Gasteiger partial charge in [0.1, 0.15) is 17.5 Å². The van der Waals surface area contributed by atoms with Crippen LogP contribution in [0.1, 0.15) is 52.1 Å². The van der Waals surface area contributed by atoms with Crippen LogP contribution in [0.15, 0.2) is 30.3 Å². The summed E-state index contributed by atoms with van der Waals surface area (Å²) in [5, 5.41) is 4.96. The maximum Gasteiger partial charge on any atom is 0.416 e. The molecule has 0 aliphatic carbocycles. The summed E-state index contributed by atoms with van der Waals surface area (Å²) in [5.74, 6) is -1.03. The Morgan fingerprint density at radius 2 is 1.89 bits per heavy atom. The first-order chi connectivity index (χ1) is 12.7. The molecule has 0 saturated carbocycles. The fraction of sp³-hybridized carbons (Fsp3) is 0.333. The van der Waals surface area contributed by atoms with Crippen LogP contribution in [-0.2, 0) is 6.18 Å². The van der Waals surface area contributed by atoms with Crippen LogP contribution in [0.4, 0.5) is 13.2 Å². The minimum atomic E-state index is -4.54. The van der Waals surface area contributed by atoms with Gasteiger partial charge in [-0.2, -0.15) is 13.2 Å². The zero-order valence-corrected chi connectivity index (χ0v) is 15.0. The topological polar surface area (TPSA) is 83.2 Å². The maximum absolute atomic E-state index is 13.2. The zero-order valence-electron chi connectivity index (χ0n) is 15.0. The molecule has 0 spiro atoms. The minimum Gasteiger partial charge on any atom is -0.484 e. The highest BCUT2D eigenvalue weighted by Crippen LogP contribution is 2.36. The molecule has 0 saturated heterocycles. The molecule has 6 nitrogen and oxygen atoms in total. The van der Waals surface area contributed by atoms with E-state index in [2.05, 4.69) is 15.6 Å². The monoisotopic (exact) mass is 383 g/mol. The minimum absolute atomic E-state index is 0.0138. The Labute approximate surface area is 154 Å². The fourth-order valence-electron chi connectivity index (χ4n) is 2.56. The number of hydrogen-bond donors (Lipinski definition) is 3. The Kier molecular flexibility index (Phi) is 6.14. The van der Waals surface area contributed by atoms with Gasteiger partial charge in [0.15, 0.2) is 5.75 Å². The molecule has 0 fully saturated rings. The number of aromatic amines is 1. The molecule has 1 aromatic carbocycles. The number of amides is 2. The van der Waals surface area contributed by atoms with Gasteiger partial charge in [0.2, 0.25) is 0 Å². The van der Waals surface area contributed by atoms with Gasteiger partial charge in [-0.25, -0.2) is 0 Å². The second-order valence-electron chi connectivity index (χ2n) is 5.71. The van der Waals surface area contributed by atoms with Crippen LogP contribution in [-0.4, -0.2) is 30.4 Å². The number of hydrogen-bond acceptors (Lipinski definition) is 3.